The molecule has 0 fully saturated rings. The Labute approximate surface area is 93.5 Å². The number of ether oxygens (including phenoxy) is 2. The van der Waals surface area contributed by atoms with Crippen LogP contribution in [0.2, 0.25) is 0 Å². The topological polar surface area (TPSA) is 56.5 Å². The Hall–Kier alpha value is -0.160. The molecule has 0 aliphatic heterocycles. The van der Waals surface area contributed by atoms with Gasteiger partial charge >= 0.3 is 0 Å². The molecule has 0 aliphatic carbocycles. The molecule has 0 amide bonds. The van der Waals surface area contributed by atoms with Gasteiger partial charge in [-0.25, -0.2) is 0 Å². The quantitative estimate of drug-likeness (QED) is 0.568. The highest BCUT2D eigenvalue weighted by molar-refractivity contribution is 4.67. The molecule has 0 aromatic rings. The van der Waals surface area contributed by atoms with Crippen LogP contribution >= 0.6 is 0 Å². The third-order valence-corrected chi connectivity index (χ3v) is 2.39. The first-order valence-electron chi connectivity index (χ1n) is 5.72. The van der Waals surface area contributed by atoms with E-state index >= 15 is 0 Å². The molecule has 0 heterocycles. The average Bonchev–Trinajstić information content (AvgIpc) is 2.25. The third kappa shape index (κ3) is 8.81. The Bertz CT molecular complexity index is 134. The molecule has 2 unspecified atom stereocenters. The minimum Gasteiger partial charge on any atom is -0.382 e. The maximum Gasteiger partial charge on any atom is 0.0928 e. The Morgan fingerprint density at radius 1 is 1.27 bits per heavy atom. The van der Waals surface area contributed by atoms with Crippen molar-refractivity contribution in [1.29, 1.82) is 0 Å². The molecule has 0 rings (SSSR count). The van der Waals surface area contributed by atoms with Gasteiger partial charge in [0.05, 0.1) is 12.7 Å². The zero-order valence-electron chi connectivity index (χ0n) is 10.3. The molecule has 4 nitrogen and oxygen atoms in total. The molecule has 0 aliphatic rings. The van der Waals surface area contributed by atoms with Gasteiger partial charge in [-0.15, -0.1) is 0 Å². The first-order valence-corrected chi connectivity index (χ1v) is 5.72. The van der Waals surface area contributed by atoms with E-state index in [2.05, 4.69) is 12.2 Å². The minimum atomic E-state index is 0.119. The van der Waals surface area contributed by atoms with Gasteiger partial charge in [-0.1, -0.05) is 19.8 Å². The second-order valence-electron chi connectivity index (χ2n) is 3.87. The third-order valence-electron chi connectivity index (χ3n) is 2.39. The fourth-order valence-corrected chi connectivity index (χ4v) is 1.39. The van der Waals surface area contributed by atoms with Crippen LogP contribution in [0, 0.1) is 0 Å². The standard InChI is InChI=1S/C11H26N2O2/c1-4-5-6-10(12)7-13-8-11(15-3)9-14-2/h10-11,13H,4-9,12H2,1-3H3. The van der Waals surface area contributed by atoms with Gasteiger partial charge in [0.15, 0.2) is 0 Å². The monoisotopic (exact) mass is 218 g/mol. The molecule has 0 aromatic heterocycles. The summed E-state index contributed by atoms with van der Waals surface area (Å²) in [5.74, 6) is 0. The fourth-order valence-electron chi connectivity index (χ4n) is 1.39. The summed E-state index contributed by atoms with van der Waals surface area (Å²) in [7, 11) is 3.38. The van der Waals surface area contributed by atoms with Crippen molar-refractivity contribution in [3.05, 3.63) is 0 Å². The Morgan fingerprint density at radius 2 is 2.00 bits per heavy atom. The van der Waals surface area contributed by atoms with Crippen molar-refractivity contribution in [3.8, 4) is 0 Å². The summed E-state index contributed by atoms with van der Waals surface area (Å²) in [6.07, 6.45) is 3.62. The second-order valence-corrected chi connectivity index (χ2v) is 3.87. The van der Waals surface area contributed by atoms with Crippen molar-refractivity contribution >= 4 is 0 Å². The van der Waals surface area contributed by atoms with E-state index in [1.54, 1.807) is 14.2 Å². The first kappa shape index (κ1) is 14.8. The van der Waals surface area contributed by atoms with Gasteiger partial charge in [-0.2, -0.15) is 0 Å². The highest BCUT2D eigenvalue weighted by Crippen LogP contribution is 1.97. The van der Waals surface area contributed by atoms with Gasteiger partial charge in [0.1, 0.15) is 0 Å². The summed E-state index contributed by atoms with van der Waals surface area (Å²) in [4.78, 5) is 0. The number of rotatable bonds is 10. The summed E-state index contributed by atoms with van der Waals surface area (Å²) in [5.41, 5.74) is 5.93. The highest BCUT2D eigenvalue weighted by atomic mass is 16.5. The lowest BCUT2D eigenvalue weighted by Gasteiger charge is -2.17. The van der Waals surface area contributed by atoms with Crippen LogP contribution in [0.3, 0.4) is 0 Å². The van der Waals surface area contributed by atoms with E-state index in [1.807, 2.05) is 0 Å². The van der Waals surface area contributed by atoms with E-state index in [9.17, 15) is 0 Å². The van der Waals surface area contributed by atoms with Crippen molar-refractivity contribution in [2.45, 2.75) is 38.3 Å². The van der Waals surface area contributed by atoms with Crippen LogP contribution in [0.1, 0.15) is 26.2 Å². The van der Waals surface area contributed by atoms with Gasteiger partial charge in [-0.3, -0.25) is 0 Å². The van der Waals surface area contributed by atoms with Crippen LogP contribution in [0.25, 0.3) is 0 Å². The molecule has 4 heteroatoms. The number of nitrogens with two attached hydrogens (primary N) is 1. The van der Waals surface area contributed by atoms with Gasteiger partial charge in [0.25, 0.3) is 0 Å². The summed E-state index contributed by atoms with van der Waals surface area (Å²) in [5, 5.41) is 3.30. The fraction of sp³-hybridized carbons (Fsp3) is 1.00. The van der Waals surface area contributed by atoms with E-state index in [0.29, 0.717) is 6.61 Å². The molecule has 2 atom stereocenters. The lowest BCUT2D eigenvalue weighted by molar-refractivity contribution is 0.0288. The number of nitrogens with one attached hydrogen (secondary N) is 1. The zero-order valence-corrected chi connectivity index (χ0v) is 10.3. The van der Waals surface area contributed by atoms with Crippen molar-refractivity contribution < 1.29 is 9.47 Å². The lowest BCUT2D eigenvalue weighted by atomic mass is 10.1. The maximum absolute atomic E-state index is 5.93. The van der Waals surface area contributed by atoms with Crippen molar-refractivity contribution in [2.75, 3.05) is 33.9 Å². The van der Waals surface area contributed by atoms with E-state index in [-0.39, 0.29) is 12.1 Å². The normalized spacial score (nSPS) is 15.2. The Morgan fingerprint density at radius 3 is 2.53 bits per heavy atom. The Kier molecular flexibility index (Phi) is 10.3. The molecule has 0 saturated heterocycles. The molecule has 0 saturated carbocycles. The average molecular weight is 218 g/mol. The molecule has 0 aromatic carbocycles. The van der Waals surface area contributed by atoms with Crippen molar-refractivity contribution in [2.24, 2.45) is 5.73 Å². The molecule has 0 radical (unpaired) electrons. The van der Waals surface area contributed by atoms with E-state index < -0.39 is 0 Å². The van der Waals surface area contributed by atoms with Crippen LogP contribution in [0.15, 0.2) is 0 Å². The zero-order chi connectivity index (χ0) is 11.5. The predicted octanol–water partition coefficient (Wildman–Crippen LogP) is 0.755. The van der Waals surface area contributed by atoms with E-state index in [1.165, 1.54) is 12.8 Å². The minimum absolute atomic E-state index is 0.119. The lowest BCUT2D eigenvalue weighted by Crippen LogP contribution is -2.39. The summed E-state index contributed by atoms with van der Waals surface area (Å²) in [6, 6.07) is 0.255. The molecular formula is C11H26N2O2. The predicted molar refractivity (Wildman–Crippen MR) is 63.0 cm³/mol. The van der Waals surface area contributed by atoms with E-state index in [0.717, 1.165) is 19.5 Å². The molecule has 92 valence electrons. The smallest absolute Gasteiger partial charge is 0.0928 e. The highest BCUT2D eigenvalue weighted by Gasteiger charge is 2.07. The largest absolute Gasteiger partial charge is 0.382 e. The molecular weight excluding hydrogens is 192 g/mol. The molecule has 15 heavy (non-hydrogen) atoms. The van der Waals surface area contributed by atoms with Crippen LogP contribution in [0.4, 0.5) is 0 Å². The summed E-state index contributed by atoms with van der Waals surface area (Å²) >= 11 is 0. The first-order chi connectivity index (χ1) is 7.24. The van der Waals surface area contributed by atoms with Gasteiger partial charge in [-0.05, 0) is 6.42 Å². The number of unbranched alkanes of at least 4 members (excludes halogenated alkanes) is 1. The second kappa shape index (κ2) is 10.4. The van der Waals surface area contributed by atoms with Crippen LogP contribution in [0.5, 0.6) is 0 Å². The number of hydrogen-bond acceptors (Lipinski definition) is 4. The van der Waals surface area contributed by atoms with Crippen LogP contribution < -0.4 is 11.1 Å². The van der Waals surface area contributed by atoms with Gasteiger partial charge < -0.3 is 20.5 Å². The SMILES string of the molecule is CCCCC(N)CNCC(COC)OC. The van der Waals surface area contributed by atoms with Crippen LogP contribution in [-0.2, 0) is 9.47 Å². The van der Waals surface area contributed by atoms with Crippen molar-refractivity contribution in [3.63, 3.8) is 0 Å². The summed E-state index contributed by atoms with van der Waals surface area (Å²) in [6.45, 7) is 4.45. The van der Waals surface area contributed by atoms with Gasteiger partial charge in [0, 0.05) is 33.4 Å². The van der Waals surface area contributed by atoms with Gasteiger partial charge in [0.2, 0.25) is 0 Å². The summed E-state index contributed by atoms with van der Waals surface area (Å²) < 4.78 is 10.2. The number of hydrogen-bond donors (Lipinski definition) is 2. The van der Waals surface area contributed by atoms with Crippen LogP contribution in [-0.4, -0.2) is 46.1 Å². The molecule has 0 spiro atoms. The maximum atomic E-state index is 5.93. The van der Waals surface area contributed by atoms with Crippen molar-refractivity contribution in [1.82, 2.24) is 5.32 Å². The molecule has 0 bridgehead atoms. The Balaban J connectivity index is 3.41. The number of methoxy groups -OCH3 is 2. The van der Waals surface area contributed by atoms with E-state index in [4.69, 9.17) is 15.2 Å². The molecule has 3 N–H and O–H groups in total.